The first-order chi connectivity index (χ1) is 5.40. The second-order valence-corrected chi connectivity index (χ2v) is 4.33. The lowest BCUT2D eigenvalue weighted by atomic mass is 9.71. The molecule has 64 valence electrons. The van der Waals surface area contributed by atoms with E-state index in [4.69, 9.17) is 0 Å². The summed E-state index contributed by atoms with van der Waals surface area (Å²) in [4.78, 5) is 0. The van der Waals surface area contributed by atoms with Crippen LogP contribution >= 0.6 is 0 Å². The minimum atomic E-state index is 1.08. The third kappa shape index (κ3) is 1.76. The van der Waals surface area contributed by atoms with Gasteiger partial charge >= 0.3 is 0 Å². The van der Waals surface area contributed by atoms with Gasteiger partial charge in [0.25, 0.3) is 0 Å². The van der Waals surface area contributed by atoms with Crippen LogP contribution < -0.4 is 5.32 Å². The average molecular weight is 153 g/mol. The van der Waals surface area contributed by atoms with Gasteiger partial charge < -0.3 is 5.32 Å². The van der Waals surface area contributed by atoms with E-state index in [1.165, 1.54) is 18.9 Å². The third-order valence-corrected chi connectivity index (χ3v) is 3.36. The summed E-state index contributed by atoms with van der Waals surface area (Å²) in [5.41, 5.74) is 0. The lowest BCUT2D eigenvalue weighted by Crippen LogP contribution is -2.27. The molecule has 2 saturated carbocycles. The van der Waals surface area contributed by atoms with E-state index >= 15 is 0 Å². The molecule has 0 spiro atoms. The summed E-state index contributed by atoms with van der Waals surface area (Å²) in [6.07, 6.45) is 7.60. The van der Waals surface area contributed by atoms with Gasteiger partial charge in [-0.15, -0.1) is 0 Å². The monoisotopic (exact) mass is 153 g/mol. The van der Waals surface area contributed by atoms with E-state index < -0.39 is 0 Å². The zero-order valence-electron chi connectivity index (χ0n) is 7.47. The third-order valence-electron chi connectivity index (χ3n) is 3.36. The average Bonchev–Trinajstić information content (AvgIpc) is 2.68. The number of rotatable bonds is 4. The van der Waals surface area contributed by atoms with E-state index in [0.29, 0.717) is 0 Å². The fourth-order valence-electron chi connectivity index (χ4n) is 2.32. The first-order valence-electron chi connectivity index (χ1n) is 5.04. The van der Waals surface area contributed by atoms with Gasteiger partial charge in [-0.3, -0.25) is 0 Å². The quantitative estimate of drug-likeness (QED) is 0.651. The van der Waals surface area contributed by atoms with Crippen LogP contribution in [0.25, 0.3) is 0 Å². The highest BCUT2D eigenvalue weighted by Crippen LogP contribution is 2.50. The Morgan fingerprint density at radius 3 is 2.45 bits per heavy atom. The fraction of sp³-hybridized carbons (Fsp3) is 1.00. The lowest BCUT2D eigenvalue weighted by molar-refractivity contribution is 0.159. The van der Waals surface area contributed by atoms with Crippen LogP contribution in [0.4, 0.5) is 0 Å². The molecule has 0 saturated heterocycles. The number of nitrogens with one attached hydrogen (secondary N) is 1. The van der Waals surface area contributed by atoms with Gasteiger partial charge in [-0.1, -0.05) is 0 Å². The van der Waals surface area contributed by atoms with Crippen LogP contribution in [0.15, 0.2) is 0 Å². The smallest absolute Gasteiger partial charge is 0.00493 e. The molecule has 0 aliphatic heterocycles. The summed E-state index contributed by atoms with van der Waals surface area (Å²) in [6, 6.07) is 0. The molecule has 0 aromatic rings. The van der Waals surface area contributed by atoms with Gasteiger partial charge in [0, 0.05) is 0 Å². The van der Waals surface area contributed by atoms with Crippen LogP contribution in [0.3, 0.4) is 0 Å². The molecule has 2 rings (SSSR count). The van der Waals surface area contributed by atoms with E-state index in [1.54, 1.807) is 25.7 Å². The maximum Gasteiger partial charge on any atom is -0.00493 e. The Hall–Kier alpha value is -0.0400. The SMILES string of the molecule is CNCCC1CC(C2CC2)C1. The van der Waals surface area contributed by atoms with Gasteiger partial charge in [0.15, 0.2) is 0 Å². The molecule has 0 atom stereocenters. The second kappa shape index (κ2) is 3.14. The van der Waals surface area contributed by atoms with Gasteiger partial charge in [0.05, 0.1) is 0 Å². The van der Waals surface area contributed by atoms with Crippen molar-refractivity contribution in [3.63, 3.8) is 0 Å². The van der Waals surface area contributed by atoms with Crippen LogP contribution in [-0.2, 0) is 0 Å². The Labute approximate surface area is 69.6 Å². The highest BCUT2D eigenvalue weighted by Gasteiger charge is 2.39. The van der Waals surface area contributed by atoms with E-state index in [9.17, 15) is 0 Å². The van der Waals surface area contributed by atoms with Crippen molar-refractivity contribution in [2.75, 3.05) is 13.6 Å². The minimum Gasteiger partial charge on any atom is -0.320 e. The largest absolute Gasteiger partial charge is 0.320 e. The molecule has 0 amide bonds. The Morgan fingerprint density at radius 2 is 1.91 bits per heavy atom. The molecule has 1 N–H and O–H groups in total. The topological polar surface area (TPSA) is 12.0 Å². The van der Waals surface area contributed by atoms with Gasteiger partial charge in [-0.05, 0) is 63.5 Å². The van der Waals surface area contributed by atoms with Gasteiger partial charge in [0.2, 0.25) is 0 Å². The van der Waals surface area contributed by atoms with Crippen molar-refractivity contribution in [2.45, 2.75) is 32.1 Å². The highest BCUT2D eigenvalue weighted by atomic mass is 14.8. The van der Waals surface area contributed by atoms with E-state index in [-0.39, 0.29) is 0 Å². The Kier molecular flexibility index (Phi) is 2.17. The predicted octanol–water partition coefficient (Wildman–Crippen LogP) is 2.03. The minimum absolute atomic E-state index is 1.08. The van der Waals surface area contributed by atoms with Gasteiger partial charge in [-0.25, -0.2) is 0 Å². The van der Waals surface area contributed by atoms with Crippen molar-refractivity contribution in [1.29, 1.82) is 0 Å². The molecule has 11 heavy (non-hydrogen) atoms. The molecule has 2 aliphatic carbocycles. The van der Waals surface area contributed by atoms with Crippen molar-refractivity contribution < 1.29 is 0 Å². The molecule has 2 fully saturated rings. The van der Waals surface area contributed by atoms with E-state index in [2.05, 4.69) is 12.4 Å². The fourth-order valence-corrected chi connectivity index (χ4v) is 2.32. The van der Waals surface area contributed by atoms with Crippen molar-refractivity contribution in [3.8, 4) is 0 Å². The summed E-state index contributed by atoms with van der Waals surface area (Å²) in [5, 5.41) is 3.23. The summed E-state index contributed by atoms with van der Waals surface area (Å²) < 4.78 is 0. The molecule has 0 bridgehead atoms. The van der Waals surface area contributed by atoms with Crippen molar-refractivity contribution in [3.05, 3.63) is 0 Å². The summed E-state index contributed by atoms with van der Waals surface area (Å²) in [6.45, 7) is 1.22. The Morgan fingerprint density at radius 1 is 1.18 bits per heavy atom. The van der Waals surface area contributed by atoms with Gasteiger partial charge in [-0.2, -0.15) is 0 Å². The highest BCUT2D eigenvalue weighted by molar-refractivity contribution is 4.90. The zero-order valence-corrected chi connectivity index (χ0v) is 7.47. The molecular formula is C10H19N. The molecule has 0 heterocycles. The molecule has 1 nitrogen and oxygen atoms in total. The standard InChI is InChI=1S/C10H19N/c1-11-5-4-8-6-10(7-8)9-2-3-9/h8-11H,2-7H2,1H3. The Bertz CT molecular complexity index is 123. The number of hydrogen-bond acceptors (Lipinski definition) is 1. The van der Waals surface area contributed by atoms with Crippen molar-refractivity contribution in [2.24, 2.45) is 17.8 Å². The summed E-state index contributed by atoms with van der Waals surface area (Å²) in [7, 11) is 2.05. The number of hydrogen-bond donors (Lipinski definition) is 1. The van der Waals surface area contributed by atoms with Crippen LogP contribution in [0.1, 0.15) is 32.1 Å². The first kappa shape index (κ1) is 7.60. The van der Waals surface area contributed by atoms with Crippen molar-refractivity contribution in [1.82, 2.24) is 5.32 Å². The molecule has 0 aromatic heterocycles. The molecule has 0 radical (unpaired) electrons. The second-order valence-electron chi connectivity index (χ2n) is 4.33. The van der Waals surface area contributed by atoms with Gasteiger partial charge in [0.1, 0.15) is 0 Å². The van der Waals surface area contributed by atoms with E-state index in [0.717, 1.165) is 11.8 Å². The van der Waals surface area contributed by atoms with Crippen LogP contribution in [0, 0.1) is 17.8 Å². The van der Waals surface area contributed by atoms with Crippen LogP contribution in [-0.4, -0.2) is 13.6 Å². The lowest BCUT2D eigenvalue weighted by Gasteiger charge is -2.35. The maximum absolute atomic E-state index is 3.23. The van der Waals surface area contributed by atoms with E-state index in [1.807, 2.05) is 0 Å². The summed E-state index contributed by atoms with van der Waals surface area (Å²) >= 11 is 0. The predicted molar refractivity (Wildman–Crippen MR) is 47.5 cm³/mol. The summed E-state index contributed by atoms with van der Waals surface area (Å²) in [5.74, 6) is 3.39. The van der Waals surface area contributed by atoms with Crippen LogP contribution in [0.5, 0.6) is 0 Å². The first-order valence-corrected chi connectivity index (χ1v) is 5.04. The molecule has 0 unspecified atom stereocenters. The Balaban J connectivity index is 1.56. The molecule has 1 heteroatoms. The molecule has 0 aromatic carbocycles. The molecular weight excluding hydrogens is 134 g/mol. The normalized spacial score (nSPS) is 36.8. The zero-order chi connectivity index (χ0) is 7.68. The molecule has 2 aliphatic rings. The van der Waals surface area contributed by atoms with Crippen molar-refractivity contribution >= 4 is 0 Å². The maximum atomic E-state index is 3.23. The van der Waals surface area contributed by atoms with Crippen LogP contribution in [0.2, 0.25) is 0 Å².